The Morgan fingerprint density at radius 2 is 2.00 bits per heavy atom. The summed E-state index contributed by atoms with van der Waals surface area (Å²) in [5.74, 6) is 1.17. The van der Waals surface area contributed by atoms with E-state index in [9.17, 15) is 0 Å². The van der Waals surface area contributed by atoms with E-state index in [4.69, 9.17) is 4.99 Å². The first-order valence-corrected chi connectivity index (χ1v) is 7.99. The third-order valence-electron chi connectivity index (χ3n) is 5.19. The molecule has 0 radical (unpaired) electrons. The average Bonchev–Trinajstić information content (AvgIpc) is 2.86. The molecule has 20 heavy (non-hydrogen) atoms. The first-order valence-electron chi connectivity index (χ1n) is 7.99. The summed E-state index contributed by atoms with van der Waals surface area (Å²) in [6.45, 7) is 3.19. The number of nitrogens with zero attached hydrogens (tertiary/aromatic N) is 2. The van der Waals surface area contributed by atoms with Crippen molar-refractivity contribution >= 4 is 5.96 Å². The largest absolute Gasteiger partial charge is 0.351 e. The molecule has 1 saturated carbocycles. The maximum absolute atomic E-state index is 4.75. The molecule has 2 fully saturated rings. The molecule has 1 aromatic carbocycles. The molecule has 2 aliphatic heterocycles. The van der Waals surface area contributed by atoms with Crippen LogP contribution in [0.4, 0.5) is 0 Å². The number of benzene rings is 1. The van der Waals surface area contributed by atoms with E-state index in [0.29, 0.717) is 18.1 Å². The predicted octanol–water partition coefficient (Wildman–Crippen LogP) is 3.01. The number of rotatable bonds is 1. The summed E-state index contributed by atoms with van der Waals surface area (Å²) in [7, 11) is 0. The minimum absolute atomic E-state index is 0.518. The van der Waals surface area contributed by atoms with E-state index in [2.05, 4.69) is 41.4 Å². The van der Waals surface area contributed by atoms with Crippen LogP contribution in [0.1, 0.15) is 49.3 Å². The highest BCUT2D eigenvalue weighted by Gasteiger charge is 2.44. The number of hydrogen-bond acceptors (Lipinski definition) is 3. The molecule has 0 bridgehead atoms. The van der Waals surface area contributed by atoms with Crippen molar-refractivity contribution in [1.82, 2.24) is 10.2 Å². The quantitative estimate of drug-likeness (QED) is 0.848. The molecule has 1 aromatic rings. The van der Waals surface area contributed by atoms with E-state index >= 15 is 0 Å². The van der Waals surface area contributed by atoms with Gasteiger partial charge in [-0.05, 0) is 37.3 Å². The van der Waals surface area contributed by atoms with Crippen molar-refractivity contribution < 1.29 is 0 Å². The summed E-state index contributed by atoms with van der Waals surface area (Å²) in [5, 5.41) is 3.69. The lowest BCUT2D eigenvalue weighted by atomic mass is 9.88. The summed E-state index contributed by atoms with van der Waals surface area (Å²) in [4.78, 5) is 7.36. The summed E-state index contributed by atoms with van der Waals surface area (Å²) >= 11 is 0. The van der Waals surface area contributed by atoms with Crippen molar-refractivity contribution in [3.05, 3.63) is 35.4 Å². The highest BCUT2D eigenvalue weighted by molar-refractivity contribution is 5.84. The second-order valence-electron chi connectivity index (χ2n) is 6.38. The van der Waals surface area contributed by atoms with E-state index in [-0.39, 0.29) is 0 Å². The average molecular weight is 269 g/mol. The Hall–Kier alpha value is -1.51. The topological polar surface area (TPSA) is 27.6 Å². The van der Waals surface area contributed by atoms with Gasteiger partial charge in [0.05, 0.1) is 12.1 Å². The lowest BCUT2D eigenvalue weighted by Crippen LogP contribution is -2.43. The molecular weight excluding hydrogens is 246 g/mol. The Morgan fingerprint density at radius 3 is 2.90 bits per heavy atom. The minimum Gasteiger partial charge on any atom is -0.351 e. The smallest absolute Gasteiger partial charge is 0.195 e. The van der Waals surface area contributed by atoms with Gasteiger partial charge in [0.15, 0.2) is 5.96 Å². The van der Waals surface area contributed by atoms with Gasteiger partial charge in [-0.15, -0.1) is 0 Å². The molecule has 1 aliphatic carbocycles. The zero-order valence-corrected chi connectivity index (χ0v) is 12.2. The third-order valence-corrected chi connectivity index (χ3v) is 5.19. The number of hydrogen-bond donors (Lipinski definition) is 1. The maximum atomic E-state index is 4.75. The third kappa shape index (κ3) is 1.83. The summed E-state index contributed by atoms with van der Waals surface area (Å²) in [5.41, 5.74) is 2.91. The van der Waals surface area contributed by atoms with Crippen LogP contribution in [0.5, 0.6) is 0 Å². The molecule has 3 aliphatic rings. The highest BCUT2D eigenvalue weighted by atomic mass is 15.4. The normalized spacial score (nSPS) is 32.1. The molecule has 0 amide bonds. The summed E-state index contributed by atoms with van der Waals surface area (Å²) < 4.78 is 0. The standard InChI is InChI=1S/C17H23N3/c1-12-6-2-3-7-13(12)15-10-11-18-17-19-14-8-4-5-9-16(14)20(15)17/h2-3,6-7,14-16H,4-5,8-11H2,1H3,(H,18,19). The molecule has 3 atom stereocenters. The summed E-state index contributed by atoms with van der Waals surface area (Å²) in [6.07, 6.45) is 6.51. The molecule has 1 saturated heterocycles. The fourth-order valence-corrected chi connectivity index (χ4v) is 4.21. The van der Waals surface area contributed by atoms with Crippen molar-refractivity contribution in [2.75, 3.05) is 6.54 Å². The van der Waals surface area contributed by atoms with Crippen LogP contribution in [0.2, 0.25) is 0 Å². The van der Waals surface area contributed by atoms with Crippen LogP contribution in [0, 0.1) is 6.92 Å². The van der Waals surface area contributed by atoms with Crippen LogP contribution in [0.3, 0.4) is 0 Å². The van der Waals surface area contributed by atoms with Crippen LogP contribution in [-0.4, -0.2) is 29.5 Å². The molecule has 3 nitrogen and oxygen atoms in total. The van der Waals surface area contributed by atoms with E-state index in [1.807, 2.05) is 0 Å². The number of fused-ring (bicyclic) bond motifs is 3. The van der Waals surface area contributed by atoms with Gasteiger partial charge in [-0.25, -0.2) is 0 Å². The monoisotopic (exact) mass is 269 g/mol. The van der Waals surface area contributed by atoms with Crippen LogP contribution in [0.15, 0.2) is 29.3 Å². The number of aliphatic imine (C=N–C) groups is 1. The van der Waals surface area contributed by atoms with Gasteiger partial charge in [0.2, 0.25) is 0 Å². The highest BCUT2D eigenvalue weighted by Crippen LogP contribution is 2.38. The second kappa shape index (κ2) is 4.80. The number of nitrogens with one attached hydrogen (secondary N) is 1. The van der Waals surface area contributed by atoms with Crippen LogP contribution in [-0.2, 0) is 0 Å². The lowest BCUT2D eigenvalue weighted by Gasteiger charge is -2.39. The van der Waals surface area contributed by atoms with Gasteiger partial charge in [0.25, 0.3) is 0 Å². The Labute approximate surface area is 121 Å². The summed E-state index contributed by atoms with van der Waals surface area (Å²) in [6, 6.07) is 10.7. The first kappa shape index (κ1) is 12.2. The Morgan fingerprint density at radius 1 is 1.15 bits per heavy atom. The predicted molar refractivity (Wildman–Crippen MR) is 81.9 cm³/mol. The van der Waals surface area contributed by atoms with Gasteiger partial charge in [-0.1, -0.05) is 37.1 Å². The van der Waals surface area contributed by atoms with Crippen LogP contribution in [0.25, 0.3) is 0 Å². The van der Waals surface area contributed by atoms with Gasteiger partial charge in [0, 0.05) is 12.6 Å². The van der Waals surface area contributed by atoms with Crippen LogP contribution < -0.4 is 5.32 Å². The molecule has 3 unspecified atom stereocenters. The molecule has 4 rings (SSSR count). The maximum Gasteiger partial charge on any atom is 0.195 e. The molecule has 0 spiro atoms. The van der Waals surface area contributed by atoms with E-state index in [1.54, 1.807) is 0 Å². The van der Waals surface area contributed by atoms with Crippen molar-refractivity contribution in [2.45, 2.75) is 57.2 Å². The number of guanidine groups is 1. The van der Waals surface area contributed by atoms with E-state index < -0.39 is 0 Å². The molecule has 106 valence electrons. The van der Waals surface area contributed by atoms with Crippen molar-refractivity contribution in [3.8, 4) is 0 Å². The lowest BCUT2D eigenvalue weighted by molar-refractivity contribution is 0.188. The Bertz CT molecular complexity index is 537. The van der Waals surface area contributed by atoms with Gasteiger partial charge in [-0.2, -0.15) is 0 Å². The Kier molecular flexibility index (Phi) is 2.94. The minimum atomic E-state index is 0.518. The Balaban J connectivity index is 1.71. The molecule has 0 aromatic heterocycles. The molecule has 1 N–H and O–H groups in total. The molecule has 3 heteroatoms. The fourth-order valence-electron chi connectivity index (χ4n) is 4.21. The van der Waals surface area contributed by atoms with Crippen molar-refractivity contribution in [3.63, 3.8) is 0 Å². The molecular formula is C17H23N3. The van der Waals surface area contributed by atoms with E-state index in [1.165, 1.54) is 42.8 Å². The SMILES string of the molecule is Cc1ccccc1C1CCN=C2NC3CCCCC3N21. The van der Waals surface area contributed by atoms with Gasteiger partial charge in [-0.3, -0.25) is 4.99 Å². The van der Waals surface area contributed by atoms with E-state index in [0.717, 1.165) is 13.0 Å². The second-order valence-corrected chi connectivity index (χ2v) is 6.38. The van der Waals surface area contributed by atoms with Crippen molar-refractivity contribution in [2.24, 2.45) is 4.99 Å². The van der Waals surface area contributed by atoms with Crippen LogP contribution >= 0.6 is 0 Å². The number of aryl methyl sites for hydroxylation is 1. The van der Waals surface area contributed by atoms with Gasteiger partial charge >= 0.3 is 0 Å². The first-order chi connectivity index (χ1) is 9.84. The van der Waals surface area contributed by atoms with Gasteiger partial charge in [0.1, 0.15) is 0 Å². The zero-order chi connectivity index (χ0) is 13.5. The fraction of sp³-hybridized carbons (Fsp3) is 0.588. The van der Waals surface area contributed by atoms with Gasteiger partial charge < -0.3 is 10.2 Å². The zero-order valence-electron chi connectivity index (χ0n) is 12.2. The van der Waals surface area contributed by atoms with Crippen molar-refractivity contribution in [1.29, 1.82) is 0 Å². The molecule has 2 heterocycles.